The van der Waals surface area contributed by atoms with Crippen molar-refractivity contribution in [3.05, 3.63) is 94.8 Å². The maximum atomic E-state index is 12.8. The highest BCUT2D eigenvalue weighted by Crippen LogP contribution is 2.38. The van der Waals surface area contributed by atoms with Gasteiger partial charge < -0.3 is 10.4 Å². The van der Waals surface area contributed by atoms with E-state index in [1.807, 2.05) is 66.7 Å². The Balaban J connectivity index is 1.79. The van der Waals surface area contributed by atoms with Crippen molar-refractivity contribution in [2.75, 3.05) is 5.32 Å². The van der Waals surface area contributed by atoms with E-state index < -0.39 is 6.17 Å². The van der Waals surface area contributed by atoms with Gasteiger partial charge in [0.2, 0.25) is 0 Å². The monoisotopic (exact) mass is 368 g/mol. The standard InChI is InChI=1S/C22H16N4O2/c27-18-13-7-5-11-16(18)21-23-17-12-6-4-10-15(17)20-24-22(28)19(25-26(20)21)14-8-2-1-3-9-14/h1-13,21,23,27H/t21-/m0/s1. The lowest BCUT2D eigenvalue weighted by atomic mass is 10.1. The van der Waals surface area contributed by atoms with Crippen LogP contribution >= 0.6 is 0 Å². The fourth-order valence-corrected chi connectivity index (χ4v) is 3.48. The number of para-hydroxylation sites is 2. The average Bonchev–Trinajstić information content (AvgIpc) is 2.74. The van der Waals surface area contributed by atoms with Crippen LogP contribution in [0.25, 0.3) is 22.6 Å². The predicted octanol–water partition coefficient (Wildman–Crippen LogP) is 3.65. The molecule has 5 rings (SSSR count). The first-order valence-corrected chi connectivity index (χ1v) is 8.92. The first kappa shape index (κ1) is 16.3. The number of benzene rings is 3. The van der Waals surface area contributed by atoms with Gasteiger partial charge in [0.1, 0.15) is 5.75 Å². The van der Waals surface area contributed by atoms with Crippen molar-refractivity contribution in [3.63, 3.8) is 0 Å². The fourth-order valence-electron chi connectivity index (χ4n) is 3.48. The maximum Gasteiger partial charge on any atom is 0.300 e. The number of nitrogens with zero attached hydrogens (tertiary/aromatic N) is 3. The van der Waals surface area contributed by atoms with Crippen LogP contribution in [0.1, 0.15) is 11.7 Å². The second kappa shape index (κ2) is 6.35. The highest BCUT2D eigenvalue weighted by atomic mass is 16.3. The van der Waals surface area contributed by atoms with Gasteiger partial charge in [-0.3, -0.25) is 4.79 Å². The Morgan fingerprint density at radius 3 is 2.43 bits per heavy atom. The Kier molecular flexibility index (Phi) is 3.69. The topological polar surface area (TPSA) is 80.0 Å². The Hall–Kier alpha value is -3.93. The van der Waals surface area contributed by atoms with Crippen LogP contribution in [0.2, 0.25) is 0 Å². The minimum absolute atomic E-state index is 0.145. The molecule has 0 unspecified atom stereocenters. The molecule has 4 aromatic rings. The molecule has 1 aliphatic rings. The molecule has 6 heteroatoms. The molecule has 1 atom stereocenters. The summed E-state index contributed by atoms with van der Waals surface area (Å²) in [5.41, 5.74) is 2.85. The van der Waals surface area contributed by atoms with Crippen molar-refractivity contribution < 1.29 is 5.11 Å². The zero-order valence-corrected chi connectivity index (χ0v) is 14.8. The van der Waals surface area contributed by atoms with Crippen LogP contribution in [0.15, 0.2) is 83.7 Å². The van der Waals surface area contributed by atoms with Gasteiger partial charge in [-0.25, -0.2) is 4.68 Å². The third-order valence-corrected chi connectivity index (χ3v) is 4.82. The molecule has 0 aliphatic carbocycles. The number of aromatic hydroxyl groups is 1. The van der Waals surface area contributed by atoms with Crippen LogP contribution in [0.3, 0.4) is 0 Å². The van der Waals surface area contributed by atoms with E-state index in [-0.39, 0.29) is 17.0 Å². The third kappa shape index (κ3) is 2.54. The number of anilines is 1. The van der Waals surface area contributed by atoms with Gasteiger partial charge in [0.05, 0.1) is 0 Å². The maximum absolute atomic E-state index is 12.8. The molecule has 6 nitrogen and oxygen atoms in total. The second-order valence-electron chi connectivity index (χ2n) is 6.55. The summed E-state index contributed by atoms with van der Waals surface area (Å²) in [5.74, 6) is 0.611. The Morgan fingerprint density at radius 2 is 1.61 bits per heavy atom. The molecule has 3 aromatic carbocycles. The normalized spacial score (nSPS) is 14.6. The summed E-state index contributed by atoms with van der Waals surface area (Å²) in [5, 5.41) is 18.5. The van der Waals surface area contributed by atoms with Crippen LogP contribution in [-0.4, -0.2) is 19.9 Å². The van der Waals surface area contributed by atoms with Crippen LogP contribution in [0.4, 0.5) is 5.69 Å². The van der Waals surface area contributed by atoms with Gasteiger partial charge in [-0.15, -0.1) is 0 Å². The summed E-state index contributed by atoms with van der Waals surface area (Å²) in [6, 6.07) is 23.9. The zero-order valence-electron chi connectivity index (χ0n) is 14.8. The number of nitrogens with one attached hydrogen (secondary N) is 1. The van der Waals surface area contributed by atoms with E-state index in [1.165, 1.54) is 0 Å². The minimum Gasteiger partial charge on any atom is -0.508 e. The number of phenolic OH excluding ortho intramolecular Hbond substituents is 1. The first-order chi connectivity index (χ1) is 13.7. The van der Waals surface area contributed by atoms with E-state index in [2.05, 4.69) is 15.4 Å². The predicted molar refractivity (Wildman–Crippen MR) is 107 cm³/mol. The zero-order chi connectivity index (χ0) is 19.1. The molecule has 0 radical (unpaired) electrons. The van der Waals surface area contributed by atoms with Gasteiger partial charge in [0.25, 0.3) is 5.56 Å². The molecule has 0 bridgehead atoms. The van der Waals surface area contributed by atoms with Gasteiger partial charge in [-0.1, -0.05) is 60.7 Å². The number of fused-ring (bicyclic) bond motifs is 3. The lowest BCUT2D eigenvalue weighted by Gasteiger charge is -2.30. The smallest absolute Gasteiger partial charge is 0.300 e. The molecule has 1 aromatic heterocycles. The summed E-state index contributed by atoms with van der Waals surface area (Å²) in [4.78, 5) is 17.1. The van der Waals surface area contributed by atoms with Crippen LogP contribution in [0, 0.1) is 0 Å². The molecule has 2 heterocycles. The molecule has 1 aliphatic heterocycles. The molecule has 0 amide bonds. The molecule has 0 saturated heterocycles. The van der Waals surface area contributed by atoms with Crippen LogP contribution in [-0.2, 0) is 0 Å². The Morgan fingerprint density at radius 1 is 0.893 bits per heavy atom. The van der Waals surface area contributed by atoms with Gasteiger partial charge in [0, 0.05) is 22.4 Å². The number of phenols is 1. The van der Waals surface area contributed by atoms with E-state index in [4.69, 9.17) is 0 Å². The Labute approximate surface area is 160 Å². The summed E-state index contributed by atoms with van der Waals surface area (Å²) in [6.45, 7) is 0. The highest BCUT2D eigenvalue weighted by Gasteiger charge is 2.29. The van der Waals surface area contributed by atoms with E-state index in [1.54, 1.807) is 16.8 Å². The van der Waals surface area contributed by atoms with Crippen molar-refractivity contribution in [1.82, 2.24) is 14.8 Å². The molecule has 0 saturated carbocycles. The quantitative estimate of drug-likeness (QED) is 0.565. The second-order valence-corrected chi connectivity index (χ2v) is 6.55. The molecule has 0 fully saturated rings. The van der Waals surface area contributed by atoms with Crippen molar-refractivity contribution in [2.45, 2.75) is 6.17 Å². The third-order valence-electron chi connectivity index (χ3n) is 4.82. The summed E-state index contributed by atoms with van der Waals surface area (Å²) < 4.78 is 1.67. The van der Waals surface area contributed by atoms with Crippen molar-refractivity contribution in [3.8, 4) is 28.4 Å². The highest BCUT2D eigenvalue weighted by molar-refractivity contribution is 5.76. The number of rotatable bonds is 2. The lowest BCUT2D eigenvalue weighted by Crippen LogP contribution is -2.32. The van der Waals surface area contributed by atoms with Gasteiger partial charge in [-0.05, 0) is 18.2 Å². The molecule has 2 N–H and O–H groups in total. The van der Waals surface area contributed by atoms with Crippen molar-refractivity contribution in [2.24, 2.45) is 0 Å². The molecular formula is C22H16N4O2. The van der Waals surface area contributed by atoms with E-state index >= 15 is 0 Å². The van der Waals surface area contributed by atoms with Gasteiger partial charge in [0.15, 0.2) is 17.7 Å². The van der Waals surface area contributed by atoms with Gasteiger partial charge >= 0.3 is 0 Å². The van der Waals surface area contributed by atoms with E-state index in [9.17, 15) is 9.90 Å². The van der Waals surface area contributed by atoms with Crippen molar-refractivity contribution in [1.29, 1.82) is 0 Å². The van der Waals surface area contributed by atoms with E-state index in [0.717, 1.165) is 11.3 Å². The molecule has 28 heavy (non-hydrogen) atoms. The SMILES string of the molecule is O=c1nc2n(nc1-c1ccccc1)[C@@H](c1ccccc1O)Nc1ccccc1-2. The summed E-state index contributed by atoms with van der Waals surface area (Å²) in [7, 11) is 0. The van der Waals surface area contributed by atoms with E-state index in [0.29, 0.717) is 17.0 Å². The molecular weight excluding hydrogens is 352 g/mol. The fraction of sp³-hybridized carbons (Fsp3) is 0.0455. The average molecular weight is 368 g/mol. The van der Waals surface area contributed by atoms with Crippen LogP contribution in [0.5, 0.6) is 5.75 Å². The summed E-state index contributed by atoms with van der Waals surface area (Å²) in [6.07, 6.45) is -0.498. The molecule has 136 valence electrons. The number of hydrogen-bond acceptors (Lipinski definition) is 5. The lowest BCUT2D eigenvalue weighted by molar-refractivity contribution is 0.450. The van der Waals surface area contributed by atoms with Crippen molar-refractivity contribution >= 4 is 5.69 Å². The number of hydrogen-bond donors (Lipinski definition) is 2. The minimum atomic E-state index is -0.498. The first-order valence-electron chi connectivity index (χ1n) is 8.92. The summed E-state index contributed by atoms with van der Waals surface area (Å²) >= 11 is 0. The largest absolute Gasteiger partial charge is 0.508 e. The molecule has 0 spiro atoms. The number of aromatic nitrogens is 3. The van der Waals surface area contributed by atoms with Crippen LogP contribution < -0.4 is 10.9 Å². The Bertz CT molecular complexity index is 1230. The van der Waals surface area contributed by atoms with Gasteiger partial charge in [-0.2, -0.15) is 10.1 Å².